The first-order chi connectivity index (χ1) is 4.57. The first-order valence-corrected chi connectivity index (χ1v) is 3.45. The van der Waals surface area contributed by atoms with E-state index in [9.17, 15) is 9.90 Å². The number of ether oxygens (including phenoxy) is 1. The topological polar surface area (TPSA) is 46.2 Å². The van der Waals surface area contributed by atoms with Crippen molar-refractivity contribution in [3.63, 3.8) is 0 Å². The van der Waals surface area contributed by atoms with Crippen LogP contribution < -0.4 is 0 Å². The van der Waals surface area contributed by atoms with Crippen LogP contribution >= 0.6 is 0 Å². The van der Waals surface area contributed by atoms with Crippen LogP contribution in [-0.2, 0) is 9.84 Å². The van der Waals surface area contributed by atoms with Gasteiger partial charge < -0.3 is 4.74 Å². The van der Waals surface area contributed by atoms with Crippen LogP contribution in [0.5, 0.6) is 0 Å². The lowest BCUT2D eigenvalue weighted by Gasteiger charge is -2.15. The number of carbonyl (C=O) groups excluding carboxylic acids is 1. The Kier molecular flexibility index (Phi) is 3.84. The minimum Gasteiger partial charge on any atom is -0.428 e. The number of carbonyl (C=O) groups is 1. The highest BCUT2D eigenvalue weighted by Crippen LogP contribution is 2.10. The van der Waals surface area contributed by atoms with Crippen molar-refractivity contribution in [3.8, 4) is 0 Å². The van der Waals surface area contributed by atoms with Gasteiger partial charge in [-0.25, -0.2) is 0 Å². The third kappa shape index (κ3) is 3.33. The summed E-state index contributed by atoms with van der Waals surface area (Å²) >= 11 is 0. The summed E-state index contributed by atoms with van der Waals surface area (Å²) in [4.78, 5) is 9.90. The van der Waals surface area contributed by atoms with Gasteiger partial charge in [0.1, 0.15) is 6.10 Å². The summed E-state index contributed by atoms with van der Waals surface area (Å²) < 4.78 is 4.41. The van der Waals surface area contributed by atoms with Gasteiger partial charge in [-0.2, -0.15) is 9.90 Å². The monoisotopic (exact) mass is 145 g/mol. The predicted molar refractivity (Wildman–Crippen MR) is 36.1 cm³/mol. The Bertz CT molecular complexity index is 111. The minimum absolute atomic E-state index is 0.255. The van der Waals surface area contributed by atoms with E-state index in [0.717, 1.165) is 6.42 Å². The van der Waals surface area contributed by atoms with Gasteiger partial charge in [0, 0.05) is 0 Å². The van der Waals surface area contributed by atoms with Gasteiger partial charge in [0.25, 0.3) is 0 Å². The SMILES string of the molecule is CCC(C)C(C)OC([O])=O. The maximum absolute atomic E-state index is 9.90. The molecular formula is C7H13O3. The molecule has 0 aromatic heterocycles. The zero-order valence-electron chi connectivity index (χ0n) is 6.59. The maximum Gasteiger partial charge on any atom is 0.550 e. The maximum atomic E-state index is 9.90. The summed E-state index contributed by atoms with van der Waals surface area (Å²) in [5.41, 5.74) is 0. The van der Waals surface area contributed by atoms with E-state index in [1.165, 1.54) is 0 Å². The van der Waals surface area contributed by atoms with Crippen LogP contribution in [0.4, 0.5) is 4.79 Å². The smallest absolute Gasteiger partial charge is 0.428 e. The Hall–Kier alpha value is -0.730. The molecule has 0 heterocycles. The van der Waals surface area contributed by atoms with E-state index in [2.05, 4.69) is 4.74 Å². The first-order valence-electron chi connectivity index (χ1n) is 3.45. The van der Waals surface area contributed by atoms with Gasteiger partial charge in [0.05, 0.1) is 0 Å². The first kappa shape index (κ1) is 9.27. The molecule has 10 heavy (non-hydrogen) atoms. The third-order valence-corrected chi connectivity index (χ3v) is 1.73. The highest BCUT2D eigenvalue weighted by Gasteiger charge is 2.14. The van der Waals surface area contributed by atoms with E-state index < -0.39 is 6.16 Å². The molecule has 1 radical (unpaired) electrons. The second kappa shape index (κ2) is 4.14. The number of hydrogen-bond donors (Lipinski definition) is 0. The van der Waals surface area contributed by atoms with Crippen molar-refractivity contribution >= 4 is 6.16 Å². The van der Waals surface area contributed by atoms with E-state index in [4.69, 9.17) is 0 Å². The van der Waals surface area contributed by atoms with Gasteiger partial charge in [-0.3, -0.25) is 0 Å². The molecule has 0 spiro atoms. The van der Waals surface area contributed by atoms with Crippen LogP contribution in [0, 0.1) is 5.92 Å². The summed E-state index contributed by atoms with van der Waals surface area (Å²) in [5, 5.41) is 9.90. The zero-order chi connectivity index (χ0) is 8.15. The molecule has 0 fully saturated rings. The fraction of sp³-hybridized carbons (Fsp3) is 0.857. The Balaban J connectivity index is 3.61. The Morgan fingerprint density at radius 1 is 1.50 bits per heavy atom. The van der Waals surface area contributed by atoms with Crippen molar-refractivity contribution in [2.45, 2.75) is 33.3 Å². The Morgan fingerprint density at radius 2 is 2.00 bits per heavy atom. The van der Waals surface area contributed by atoms with Crippen molar-refractivity contribution in [3.05, 3.63) is 0 Å². The van der Waals surface area contributed by atoms with Crippen molar-refractivity contribution in [2.75, 3.05) is 0 Å². The molecule has 2 atom stereocenters. The molecule has 59 valence electrons. The molecule has 2 unspecified atom stereocenters. The molecule has 0 saturated carbocycles. The van der Waals surface area contributed by atoms with E-state index in [0.29, 0.717) is 0 Å². The van der Waals surface area contributed by atoms with Gasteiger partial charge in [0.2, 0.25) is 0 Å². The van der Waals surface area contributed by atoms with Crippen LogP contribution in [-0.4, -0.2) is 12.3 Å². The molecule has 0 rings (SSSR count). The van der Waals surface area contributed by atoms with Crippen LogP contribution in [0.15, 0.2) is 0 Å². The molecule has 0 bridgehead atoms. The fourth-order valence-corrected chi connectivity index (χ4v) is 0.600. The highest BCUT2D eigenvalue weighted by atomic mass is 16.7. The van der Waals surface area contributed by atoms with Crippen LogP contribution in [0.3, 0.4) is 0 Å². The fourth-order valence-electron chi connectivity index (χ4n) is 0.600. The van der Waals surface area contributed by atoms with Crippen molar-refractivity contribution < 1.29 is 14.6 Å². The lowest BCUT2D eigenvalue weighted by Crippen LogP contribution is -2.19. The van der Waals surface area contributed by atoms with Crippen molar-refractivity contribution in [2.24, 2.45) is 5.92 Å². The summed E-state index contributed by atoms with van der Waals surface area (Å²) in [6, 6.07) is 0. The summed E-state index contributed by atoms with van der Waals surface area (Å²) in [6.07, 6.45) is -0.781. The molecule has 0 aliphatic rings. The molecular weight excluding hydrogens is 132 g/mol. The van der Waals surface area contributed by atoms with Gasteiger partial charge in [-0.15, -0.1) is 0 Å². The number of rotatable bonds is 3. The predicted octanol–water partition coefficient (Wildman–Crippen LogP) is 1.99. The summed E-state index contributed by atoms with van der Waals surface area (Å²) in [6.45, 7) is 5.65. The van der Waals surface area contributed by atoms with Crippen molar-refractivity contribution in [1.82, 2.24) is 0 Å². The molecule has 3 heteroatoms. The average Bonchev–Trinajstić information content (AvgIpc) is 1.85. The van der Waals surface area contributed by atoms with E-state index >= 15 is 0 Å². The lowest BCUT2D eigenvalue weighted by molar-refractivity contribution is 0.0189. The Morgan fingerprint density at radius 3 is 2.30 bits per heavy atom. The van der Waals surface area contributed by atoms with Gasteiger partial charge in [-0.05, 0) is 12.8 Å². The molecule has 0 amide bonds. The average molecular weight is 145 g/mol. The lowest BCUT2D eigenvalue weighted by atomic mass is 10.0. The van der Waals surface area contributed by atoms with Gasteiger partial charge >= 0.3 is 6.16 Å². The van der Waals surface area contributed by atoms with Gasteiger partial charge in [-0.1, -0.05) is 20.3 Å². The van der Waals surface area contributed by atoms with Crippen LogP contribution in [0.2, 0.25) is 0 Å². The molecule has 0 aromatic carbocycles. The summed E-state index contributed by atoms with van der Waals surface area (Å²) in [5.74, 6) is 0.262. The third-order valence-electron chi connectivity index (χ3n) is 1.73. The molecule has 0 aliphatic carbocycles. The van der Waals surface area contributed by atoms with Crippen LogP contribution in [0.25, 0.3) is 0 Å². The zero-order valence-corrected chi connectivity index (χ0v) is 6.59. The largest absolute Gasteiger partial charge is 0.550 e. The highest BCUT2D eigenvalue weighted by molar-refractivity contribution is 5.56. The minimum atomic E-state index is -1.44. The Labute approximate surface area is 61.0 Å². The number of hydrogen-bond acceptors (Lipinski definition) is 2. The quantitative estimate of drug-likeness (QED) is 0.570. The molecule has 0 aliphatic heterocycles. The van der Waals surface area contributed by atoms with E-state index in [-0.39, 0.29) is 12.0 Å². The molecule has 3 nitrogen and oxygen atoms in total. The van der Waals surface area contributed by atoms with E-state index in [1.807, 2.05) is 13.8 Å². The standard InChI is InChI=1S/C7H13O3/c1-4-5(2)6(3)10-7(8)9/h5-6H,4H2,1-3H3. The second-order valence-electron chi connectivity index (χ2n) is 2.46. The van der Waals surface area contributed by atoms with Crippen LogP contribution in [0.1, 0.15) is 27.2 Å². The van der Waals surface area contributed by atoms with Gasteiger partial charge in [0.15, 0.2) is 0 Å². The molecule has 0 N–H and O–H groups in total. The van der Waals surface area contributed by atoms with Crippen molar-refractivity contribution in [1.29, 1.82) is 0 Å². The van der Waals surface area contributed by atoms with E-state index in [1.54, 1.807) is 6.92 Å². The summed E-state index contributed by atoms with van der Waals surface area (Å²) in [7, 11) is 0. The molecule has 0 saturated heterocycles. The molecule has 0 aromatic rings. The second-order valence-corrected chi connectivity index (χ2v) is 2.46. The normalized spacial score (nSPS) is 15.9.